The van der Waals surface area contributed by atoms with Crippen LogP contribution in [-0.4, -0.2) is 21.7 Å². The average molecular weight is 219 g/mol. The van der Waals surface area contributed by atoms with Crippen molar-refractivity contribution < 1.29 is 17.0 Å². The second-order valence-corrected chi connectivity index (χ2v) is 2.52. The zero-order valence-corrected chi connectivity index (χ0v) is 9.39. The van der Waals surface area contributed by atoms with E-state index in [0.29, 0.717) is 0 Å². The molecule has 1 aromatic rings. The average Bonchev–Trinajstić information content (AvgIpc) is 1.95. The second-order valence-electron chi connectivity index (χ2n) is 2.17. The Labute approximate surface area is 90.6 Å². The molecule has 0 radical (unpaired) electrons. The van der Waals surface area contributed by atoms with E-state index >= 15 is 0 Å². The van der Waals surface area contributed by atoms with Crippen molar-refractivity contribution in [3.63, 3.8) is 0 Å². The topological polar surface area (TPSA) is 0 Å². The third-order valence-electron chi connectivity index (χ3n) is 1.28. The Hall–Kier alpha value is 0.0262. The second kappa shape index (κ2) is 5.65. The van der Waals surface area contributed by atoms with Gasteiger partial charge in [0.25, 0.3) is 0 Å². The van der Waals surface area contributed by atoms with Gasteiger partial charge < -0.3 is 17.0 Å². The first kappa shape index (κ1) is 11.0. The first-order valence-corrected chi connectivity index (χ1v) is 3.88. The summed E-state index contributed by atoms with van der Waals surface area (Å²) in [4.78, 5) is 0. The summed E-state index contributed by atoms with van der Waals surface area (Å²) in [5.74, 6) is 3.00. The van der Waals surface area contributed by atoms with Crippen LogP contribution in [0.2, 0.25) is 0 Å². The van der Waals surface area contributed by atoms with Crippen molar-refractivity contribution in [3.8, 4) is 9.97 Å². The molecule has 1 aromatic carbocycles. The number of aryl methyl sites for hydroxylation is 1. The van der Waals surface area contributed by atoms with Crippen LogP contribution >= 0.6 is 0 Å². The Morgan fingerprint density at radius 1 is 1.18 bits per heavy atom. The minimum atomic E-state index is 0. The fraction of sp³-hybridized carbons (Fsp3) is 0.111. The van der Waals surface area contributed by atoms with Gasteiger partial charge in [-0.1, -0.05) is 0 Å². The van der Waals surface area contributed by atoms with Gasteiger partial charge in [0.1, 0.15) is 0 Å². The summed E-state index contributed by atoms with van der Waals surface area (Å²) in [6, 6.07) is 8.22. The van der Waals surface area contributed by atoms with Crippen LogP contribution < -0.4 is 17.0 Å². The molecule has 0 amide bonds. The molecule has 0 saturated carbocycles. The van der Waals surface area contributed by atoms with Gasteiger partial charge >= 0.3 is 74.0 Å². The Kier molecular flexibility index (Phi) is 5.66. The van der Waals surface area contributed by atoms with Gasteiger partial charge in [0.05, 0.1) is 0 Å². The van der Waals surface area contributed by atoms with Crippen molar-refractivity contribution in [2.75, 3.05) is 0 Å². The molecule has 1 rings (SSSR count). The zero-order valence-electron chi connectivity index (χ0n) is 6.39. The third kappa shape index (κ3) is 3.81. The van der Waals surface area contributed by atoms with Crippen molar-refractivity contribution in [2.24, 2.45) is 0 Å². The number of hydrogen-bond acceptors (Lipinski definition) is 0. The van der Waals surface area contributed by atoms with Crippen LogP contribution in [0, 0.1) is 16.9 Å². The Balaban J connectivity index is 0.000001000. The SMILES string of the molecule is Cc1ccc(C#[C][Mg+])cc1.[Br-]. The molecular weight excluding hydrogens is 212 g/mol. The van der Waals surface area contributed by atoms with Crippen LogP contribution in [-0.2, 0) is 0 Å². The zero-order chi connectivity index (χ0) is 7.40. The quantitative estimate of drug-likeness (QED) is 0.367. The van der Waals surface area contributed by atoms with Gasteiger partial charge in [-0.3, -0.25) is 0 Å². The van der Waals surface area contributed by atoms with Gasteiger partial charge in [-0.05, 0) is 0 Å². The van der Waals surface area contributed by atoms with Gasteiger partial charge in [-0.2, -0.15) is 0 Å². The monoisotopic (exact) mass is 218 g/mol. The summed E-state index contributed by atoms with van der Waals surface area (Å²) in [6.07, 6.45) is 0. The van der Waals surface area contributed by atoms with E-state index in [-0.39, 0.29) is 17.0 Å². The third-order valence-corrected chi connectivity index (χ3v) is 1.46. The molecule has 0 aromatic heterocycles. The smallest absolute Gasteiger partial charge is 1.00 e. The number of rotatable bonds is 0. The molecular formula is C9H7BrMg. The molecule has 0 aliphatic rings. The van der Waals surface area contributed by atoms with Crippen molar-refractivity contribution in [3.05, 3.63) is 35.4 Å². The summed E-state index contributed by atoms with van der Waals surface area (Å²) in [5.41, 5.74) is 2.38. The number of halogens is 1. The van der Waals surface area contributed by atoms with E-state index in [2.05, 4.69) is 29.0 Å². The molecule has 0 atom stereocenters. The van der Waals surface area contributed by atoms with Crippen LogP contribution in [0.4, 0.5) is 0 Å². The molecule has 0 fully saturated rings. The van der Waals surface area contributed by atoms with Crippen LogP contribution in [0.25, 0.3) is 0 Å². The van der Waals surface area contributed by atoms with E-state index in [1.54, 1.807) is 21.7 Å². The molecule has 0 unspecified atom stereocenters. The van der Waals surface area contributed by atoms with E-state index in [4.69, 9.17) is 0 Å². The Bertz CT molecular complexity index is 266. The maximum absolute atomic E-state index is 3.00. The Morgan fingerprint density at radius 3 is 2.18 bits per heavy atom. The van der Waals surface area contributed by atoms with E-state index in [1.165, 1.54) is 5.56 Å². The maximum Gasteiger partial charge on any atom is -1.00 e. The first-order valence-electron chi connectivity index (χ1n) is 3.17. The summed E-state index contributed by atoms with van der Waals surface area (Å²) in [7, 11) is 0. The van der Waals surface area contributed by atoms with Crippen LogP contribution in [0.1, 0.15) is 11.1 Å². The predicted molar refractivity (Wildman–Crippen MR) is 43.8 cm³/mol. The number of benzene rings is 1. The Morgan fingerprint density at radius 2 is 1.73 bits per heavy atom. The molecule has 0 aliphatic heterocycles. The molecule has 0 nitrogen and oxygen atoms in total. The van der Waals surface area contributed by atoms with Crippen LogP contribution in [0.15, 0.2) is 24.3 Å². The molecule has 2 heteroatoms. The molecule has 0 heterocycles. The van der Waals surface area contributed by atoms with Gasteiger partial charge in [-0.15, -0.1) is 0 Å². The minimum Gasteiger partial charge on any atom is -1.00 e. The van der Waals surface area contributed by atoms with E-state index in [1.807, 2.05) is 12.1 Å². The van der Waals surface area contributed by atoms with Crippen molar-refractivity contribution in [1.29, 1.82) is 0 Å². The number of hydrogen-bond donors (Lipinski definition) is 0. The van der Waals surface area contributed by atoms with E-state index < -0.39 is 0 Å². The maximum atomic E-state index is 3.00. The minimum absolute atomic E-state index is 0. The largest absolute Gasteiger partial charge is 1.00 e. The summed E-state index contributed by atoms with van der Waals surface area (Å²) < 4.78 is 2.88. The normalized spacial score (nSPS) is 7.55. The molecule has 0 N–H and O–H groups in total. The molecule has 52 valence electrons. The molecule has 0 bridgehead atoms. The molecule has 11 heavy (non-hydrogen) atoms. The van der Waals surface area contributed by atoms with E-state index in [9.17, 15) is 0 Å². The summed E-state index contributed by atoms with van der Waals surface area (Å²) in [5, 5.41) is 0. The van der Waals surface area contributed by atoms with Crippen molar-refractivity contribution in [1.82, 2.24) is 0 Å². The van der Waals surface area contributed by atoms with Crippen LogP contribution in [0.5, 0.6) is 0 Å². The van der Waals surface area contributed by atoms with Crippen LogP contribution in [0.3, 0.4) is 0 Å². The van der Waals surface area contributed by atoms with E-state index in [0.717, 1.165) is 5.56 Å². The van der Waals surface area contributed by atoms with Gasteiger partial charge in [0.2, 0.25) is 0 Å². The fourth-order valence-corrected chi connectivity index (χ4v) is 0.943. The van der Waals surface area contributed by atoms with Crippen molar-refractivity contribution >= 4 is 21.7 Å². The standard InChI is InChI=1S/C9H7.BrH.Mg/c1-3-9-6-4-8(2)5-7-9;;/h4-7H,2H3;1H;/q;;+1/p-1. The van der Waals surface area contributed by atoms with Crippen molar-refractivity contribution in [2.45, 2.75) is 6.92 Å². The molecule has 0 saturated heterocycles. The fourth-order valence-electron chi connectivity index (χ4n) is 0.739. The molecule has 0 aliphatic carbocycles. The summed E-state index contributed by atoms with van der Waals surface area (Å²) >= 11 is 1.67. The van der Waals surface area contributed by atoms with Gasteiger partial charge in [0, 0.05) is 0 Å². The van der Waals surface area contributed by atoms with Gasteiger partial charge in [0.15, 0.2) is 0 Å². The van der Waals surface area contributed by atoms with Gasteiger partial charge in [-0.25, -0.2) is 0 Å². The first-order chi connectivity index (χ1) is 4.83. The predicted octanol–water partition coefficient (Wildman–Crippen LogP) is -1.52. The molecule has 0 spiro atoms. The summed E-state index contributed by atoms with van der Waals surface area (Å²) in [6.45, 7) is 2.07.